The average Bonchev–Trinajstić information content (AvgIpc) is 2.78. The molecule has 3 rings (SSSR count). The van der Waals surface area contributed by atoms with Crippen molar-refractivity contribution in [2.75, 3.05) is 11.1 Å². The summed E-state index contributed by atoms with van der Waals surface area (Å²) in [5, 5.41) is 7.39. The molecule has 0 atom stereocenters. The number of nitrogens with two attached hydrogens (primary N) is 1. The van der Waals surface area contributed by atoms with E-state index in [0.717, 1.165) is 17.2 Å². The molecule has 0 aliphatic rings. The second kappa shape index (κ2) is 4.33. The maximum atomic E-state index is 5.58. The Kier molecular flexibility index (Phi) is 2.53. The van der Waals surface area contributed by atoms with Gasteiger partial charge in [-0.2, -0.15) is 9.50 Å². The molecule has 90 valence electrons. The first-order valence-corrected chi connectivity index (χ1v) is 5.58. The molecule has 3 aromatic heterocycles. The lowest BCUT2D eigenvalue weighted by atomic mass is 10.3. The zero-order chi connectivity index (χ0) is 12.4. The van der Waals surface area contributed by atoms with Gasteiger partial charge in [0.05, 0.1) is 12.2 Å². The predicted molar refractivity (Wildman–Crippen MR) is 69.0 cm³/mol. The van der Waals surface area contributed by atoms with E-state index in [0.29, 0.717) is 6.54 Å². The van der Waals surface area contributed by atoms with Crippen LogP contribution in [-0.4, -0.2) is 19.6 Å². The molecule has 0 amide bonds. The molecule has 0 spiro atoms. The maximum Gasteiger partial charge on any atom is 0.240 e. The highest BCUT2D eigenvalue weighted by atomic mass is 15.4. The topological polar surface area (TPSA) is 81.1 Å². The van der Waals surface area contributed by atoms with E-state index in [2.05, 4.69) is 20.4 Å². The molecule has 6 nitrogen and oxygen atoms in total. The number of aromatic nitrogens is 4. The van der Waals surface area contributed by atoms with Crippen molar-refractivity contribution in [2.24, 2.45) is 0 Å². The predicted octanol–water partition coefficient (Wildman–Crippen LogP) is 1.32. The van der Waals surface area contributed by atoms with E-state index in [1.54, 1.807) is 10.7 Å². The van der Waals surface area contributed by atoms with Crippen molar-refractivity contribution in [3.63, 3.8) is 0 Å². The zero-order valence-electron chi connectivity index (χ0n) is 9.61. The van der Waals surface area contributed by atoms with E-state index in [1.165, 1.54) is 0 Å². The largest absolute Gasteiger partial charge is 0.366 e. The van der Waals surface area contributed by atoms with Crippen LogP contribution in [0.15, 0.2) is 42.6 Å². The second-order valence-corrected chi connectivity index (χ2v) is 3.83. The smallest absolute Gasteiger partial charge is 0.240 e. The highest BCUT2D eigenvalue weighted by Gasteiger charge is 2.04. The van der Waals surface area contributed by atoms with Crippen molar-refractivity contribution >= 4 is 17.4 Å². The van der Waals surface area contributed by atoms with Crippen LogP contribution >= 0.6 is 0 Å². The summed E-state index contributed by atoms with van der Waals surface area (Å²) in [5.74, 6) is 1.10. The van der Waals surface area contributed by atoms with Crippen LogP contribution in [0.3, 0.4) is 0 Å². The molecule has 3 heterocycles. The highest BCUT2D eigenvalue weighted by molar-refractivity contribution is 5.50. The van der Waals surface area contributed by atoms with Gasteiger partial charge in [0, 0.05) is 6.20 Å². The van der Waals surface area contributed by atoms with Crippen molar-refractivity contribution in [2.45, 2.75) is 6.54 Å². The minimum atomic E-state index is 0.266. The van der Waals surface area contributed by atoms with Crippen molar-refractivity contribution in [3.8, 4) is 0 Å². The lowest BCUT2D eigenvalue weighted by Gasteiger charge is -2.06. The van der Waals surface area contributed by atoms with Gasteiger partial charge in [0.2, 0.25) is 5.95 Å². The monoisotopic (exact) mass is 240 g/mol. The number of nitrogens with one attached hydrogen (secondary N) is 1. The summed E-state index contributed by atoms with van der Waals surface area (Å²) in [6, 6.07) is 11.5. The van der Waals surface area contributed by atoms with Crippen molar-refractivity contribution in [3.05, 3.63) is 48.3 Å². The van der Waals surface area contributed by atoms with Gasteiger partial charge in [0.25, 0.3) is 0 Å². The molecule has 3 N–H and O–H groups in total. The quantitative estimate of drug-likeness (QED) is 0.721. The van der Waals surface area contributed by atoms with Crippen LogP contribution in [0.1, 0.15) is 5.69 Å². The highest BCUT2D eigenvalue weighted by Crippen LogP contribution is 2.12. The van der Waals surface area contributed by atoms with Crippen molar-refractivity contribution in [1.82, 2.24) is 19.6 Å². The Morgan fingerprint density at radius 3 is 2.94 bits per heavy atom. The normalized spacial score (nSPS) is 10.7. The first kappa shape index (κ1) is 10.5. The number of hydrogen-bond donors (Lipinski definition) is 2. The van der Waals surface area contributed by atoms with Crippen LogP contribution in [0.25, 0.3) is 5.65 Å². The summed E-state index contributed by atoms with van der Waals surface area (Å²) in [7, 11) is 0. The van der Waals surface area contributed by atoms with Crippen LogP contribution in [0.4, 0.5) is 11.8 Å². The molecule has 0 aromatic carbocycles. The number of rotatable bonds is 3. The molecule has 0 saturated carbocycles. The van der Waals surface area contributed by atoms with Crippen LogP contribution < -0.4 is 11.1 Å². The molecule has 0 bridgehead atoms. The van der Waals surface area contributed by atoms with Gasteiger partial charge in [-0.15, -0.1) is 5.10 Å². The third-order valence-corrected chi connectivity index (χ3v) is 2.55. The standard InChI is InChI=1S/C12H12N6/c13-12-16-11-6-3-5-10(18(11)17-12)15-8-9-4-1-2-7-14-9/h1-7,15H,8H2,(H2,13,17). The first-order valence-electron chi connectivity index (χ1n) is 5.58. The van der Waals surface area contributed by atoms with E-state index >= 15 is 0 Å². The molecule has 3 aromatic rings. The Labute approximate surface area is 103 Å². The average molecular weight is 240 g/mol. The molecule has 6 heteroatoms. The third-order valence-electron chi connectivity index (χ3n) is 2.55. The summed E-state index contributed by atoms with van der Waals surface area (Å²) in [6.45, 7) is 0.625. The van der Waals surface area contributed by atoms with E-state index < -0.39 is 0 Å². The molecule has 0 unspecified atom stereocenters. The fraction of sp³-hybridized carbons (Fsp3) is 0.0833. The van der Waals surface area contributed by atoms with Crippen molar-refractivity contribution < 1.29 is 0 Å². The number of hydrogen-bond acceptors (Lipinski definition) is 5. The molecule has 0 aliphatic carbocycles. The van der Waals surface area contributed by atoms with Gasteiger partial charge in [0.1, 0.15) is 5.82 Å². The third kappa shape index (κ3) is 1.95. The molecule has 18 heavy (non-hydrogen) atoms. The van der Waals surface area contributed by atoms with Crippen LogP contribution in [-0.2, 0) is 6.54 Å². The summed E-state index contributed by atoms with van der Waals surface area (Å²) in [5.41, 5.74) is 7.27. The van der Waals surface area contributed by atoms with Gasteiger partial charge < -0.3 is 11.1 Å². The Morgan fingerprint density at radius 2 is 2.11 bits per heavy atom. The van der Waals surface area contributed by atoms with Gasteiger partial charge in [-0.05, 0) is 24.3 Å². The molecular weight excluding hydrogens is 228 g/mol. The number of nitrogens with zero attached hydrogens (tertiary/aromatic N) is 4. The summed E-state index contributed by atoms with van der Waals surface area (Å²) < 4.78 is 1.68. The van der Waals surface area contributed by atoms with E-state index in [1.807, 2.05) is 36.4 Å². The summed E-state index contributed by atoms with van der Waals surface area (Å²) >= 11 is 0. The maximum absolute atomic E-state index is 5.58. The fourth-order valence-corrected chi connectivity index (χ4v) is 1.74. The van der Waals surface area contributed by atoms with Crippen molar-refractivity contribution in [1.29, 1.82) is 0 Å². The van der Waals surface area contributed by atoms with Gasteiger partial charge >= 0.3 is 0 Å². The number of fused-ring (bicyclic) bond motifs is 1. The van der Waals surface area contributed by atoms with E-state index in [4.69, 9.17) is 5.73 Å². The van der Waals surface area contributed by atoms with Crippen LogP contribution in [0.2, 0.25) is 0 Å². The Balaban J connectivity index is 1.86. The van der Waals surface area contributed by atoms with Gasteiger partial charge in [-0.1, -0.05) is 12.1 Å². The molecule has 0 fully saturated rings. The lowest BCUT2D eigenvalue weighted by molar-refractivity contribution is 0.937. The minimum Gasteiger partial charge on any atom is -0.366 e. The Morgan fingerprint density at radius 1 is 1.17 bits per heavy atom. The SMILES string of the molecule is Nc1nc2cccc(NCc3ccccn3)n2n1. The molecule has 0 saturated heterocycles. The lowest BCUT2D eigenvalue weighted by Crippen LogP contribution is -2.06. The number of anilines is 2. The Bertz CT molecular complexity index is 661. The summed E-state index contributed by atoms with van der Waals surface area (Å²) in [4.78, 5) is 8.35. The zero-order valence-corrected chi connectivity index (χ0v) is 9.61. The van der Waals surface area contributed by atoms with Crippen LogP contribution in [0, 0.1) is 0 Å². The Hall–Kier alpha value is -2.63. The van der Waals surface area contributed by atoms with Gasteiger partial charge in [-0.3, -0.25) is 4.98 Å². The molecule has 0 aliphatic heterocycles. The molecule has 0 radical (unpaired) electrons. The van der Waals surface area contributed by atoms with Gasteiger partial charge in [-0.25, -0.2) is 0 Å². The van der Waals surface area contributed by atoms with Gasteiger partial charge in [0.15, 0.2) is 5.65 Å². The van der Waals surface area contributed by atoms with Crippen LogP contribution in [0.5, 0.6) is 0 Å². The van der Waals surface area contributed by atoms with E-state index in [-0.39, 0.29) is 5.95 Å². The fourth-order valence-electron chi connectivity index (χ4n) is 1.74. The second-order valence-electron chi connectivity index (χ2n) is 3.83. The first-order chi connectivity index (χ1) is 8.83. The minimum absolute atomic E-state index is 0.266. The molecular formula is C12H12N6. The van der Waals surface area contributed by atoms with E-state index in [9.17, 15) is 0 Å². The number of pyridine rings is 2. The number of nitrogen functional groups attached to an aromatic ring is 1. The summed E-state index contributed by atoms with van der Waals surface area (Å²) in [6.07, 6.45) is 1.77.